The van der Waals surface area contributed by atoms with Gasteiger partial charge in [-0.1, -0.05) is 46.0 Å². The molecule has 0 aromatic carbocycles. The molecule has 0 aliphatic carbocycles. The van der Waals surface area contributed by atoms with Crippen molar-refractivity contribution in [2.75, 3.05) is 26.4 Å². The molecule has 0 aromatic heterocycles. The van der Waals surface area contributed by atoms with Crippen LogP contribution in [0, 0.1) is 11.8 Å². The van der Waals surface area contributed by atoms with Gasteiger partial charge in [-0.3, -0.25) is 0 Å². The Hall–Kier alpha value is -0.160. The molecule has 2 aliphatic heterocycles. The normalized spacial score (nSPS) is 32.1. The summed E-state index contributed by atoms with van der Waals surface area (Å²) >= 11 is 0. The van der Waals surface area contributed by atoms with Crippen molar-refractivity contribution >= 4 is 0 Å². The van der Waals surface area contributed by atoms with E-state index in [0.717, 1.165) is 52.1 Å². The first-order valence-corrected chi connectivity index (χ1v) is 9.78. The quantitative estimate of drug-likeness (QED) is 0.553. The Labute approximate surface area is 142 Å². The highest BCUT2D eigenvalue weighted by Gasteiger charge is 2.25. The second-order valence-corrected chi connectivity index (χ2v) is 7.14. The fraction of sp³-hybridized carbons (Fsp3) is 1.00. The van der Waals surface area contributed by atoms with E-state index < -0.39 is 0 Å². The summed E-state index contributed by atoms with van der Waals surface area (Å²) in [7, 11) is 0. The fourth-order valence-corrected chi connectivity index (χ4v) is 3.30. The first-order chi connectivity index (χ1) is 11.3. The van der Waals surface area contributed by atoms with Crippen LogP contribution in [0.1, 0.15) is 71.6 Å². The van der Waals surface area contributed by atoms with Crippen molar-refractivity contribution in [3.63, 3.8) is 0 Å². The van der Waals surface area contributed by atoms with E-state index in [-0.39, 0.29) is 12.6 Å². The average molecular weight is 328 g/mol. The van der Waals surface area contributed by atoms with Gasteiger partial charge in [0.25, 0.3) is 0 Å². The Morgan fingerprint density at radius 2 is 1.13 bits per heavy atom. The molecule has 0 atom stereocenters. The smallest absolute Gasteiger partial charge is 0.157 e. The molecule has 2 saturated heterocycles. The zero-order valence-corrected chi connectivity index (χ0v) is 15.1. The zero-order chi connectivity index (χ0) is 16.3. The predicted octanol–water partition coefficient (Wildman–Crippen LogP) is 4.52. The lowest BCUT2D eigenvalue weighted by Gasteiger charge is -2.32. The molecule has 0 spiro atoms. The maximum Gasteiger partial charge on any atom is 0.157 e. The minimum atomic E-state index is -0.0183. The molecule has 2 heterocycles. The van der Waals surface area contributed by atoms with E-state index in [1.807, 2.05) is 0 Å². The number of unbranched alkanes of at least 4 members (excludes halogenated alkanes) is 3. The van der Waals surface area contributed by atoms with E-state index in [0.29, 0.717) is 11.8 Å². The van der Waals surface area contributed by atoms with Gasteiger partial charge in [0, 0.05) is 11.8 Å². The summed E-state index contributed by atoms with van der Waals surface area (Å²) in [6.07, 6.45) is 10.7. The average Bonchev–Trinajstić information content (AvgIpc) is 2.59. The van der Waals surface area contributed by atoms with Crippen LogP contribution in [-0.2, 0) is 18.9 Å². The third kappa shape index (κ3) is 7.51. The van der Waals surface area contributed by atoms with Crippen LogP contribution in [-0.4, -0.2) is 39.0 Å². The second kappa shape index (κ2) is 11.4. The predicted molar refractivity (Wildman–Crippen MR) is 91.3 cm³/mol. The molecule has 23 heavy (non-hydrogen) atoms. The summed E-state index contributed by atoms with van der Waals surface area (Å²) in [6.45, 7) is 7.78. The van der Waals surface area contributed by atoms with Gasteiger partial charge < -0.3 is 18.9 Å². The molecule has 2 aliphatic rings. The summed E-state index contributed by atoms with van der Waals surface area (Å²) in [4.78, 5) is 0. The maximum atomic E-state index is 5.89. The van der Waals surface area contributed by atoms with E-state index in [1.165, 1.54) is 32.1 Å². The van der Waals surface area contributed by atoms with E-state index in [1.54, 1.807) is 0 Å². The van der Waals surface area contributed by atoms with Gasteiger partial charge in [0.2, 0.25) is 0 Å². The molecule has 4 nitrogen and oxygen atoms in total. The Morgan fingerprint density at radius 1 is 0.565 bits per heavy atom. The van der Waals surface area contributed by atoms with Crippen LogP contribution in [0.15, 0.2) is 0 Å². The van der Waals surface area contributed by atoms with Crippen molar-refractivity contribution in [3.05, 3.63) is 0 Å². The Balaban J connectivity index is 1.50. The molecule has 2 fully saturated rings. The maximum absolute atomic E-state index is 5.89. The second-order valence-electron chi connectivity index (χ2n) is 7.14. The monoisotopic (exact) mass is 328 g/mol. The minimum absolute atomic E-state index is 0.0183. The molecule has 0 aromatic rings. The van der Waals surface area contributed by atoms with Gasteiger partial charge in [0.15, 0.2) is 12.6 Å². The number of ether oxygens (including phenoxy) is 4. The highest BCUT2D eigenvalue weighted by atomic mass is 16.7. The molecule has 0 saturated carbocycles. The third-order valence-electron chi connectivity index (χ3n) is 4.87. The van der Waals surface area contributed by atoms with Gasteiger partial charge in [-0.05, 0) is 25.7 Å². The van der Waals surface area contributed by atoms with E-state index >= 15 is 0 Å². The fourth-order valence-electron chi connectivity index (χ4n) is 3.30. The Bertz CT molecular complexity index is 281. The van der Waals surface area contributed by atoms with Crippen LogP contribution in [0.4, 0.5) is 0 Å². The first kappa shape index (κ1) is 19.2. The van der Waals surface area contributed by atoms with E-state index in [2.05, 4.69) is 13.8 Å². The largest absolute Gasteiger partial charge is 0.352 e. The highest BCUT2D eigenvalue weighted by Crippen LogP contribution is 2.24. The molecule has 0 radical (unpaired) electrons. The van der Waals surface area contributed by atoms with Crippen LogP contribution in [0.3, 0.4) is 0 Å². The summed E-state index contributed by atoms with van der Waals surface area (Å²) in [6, 6.07) is 0. The SMILES string of the molecule is CCCCCCC1COC(CCC2COC(CCC)OC2)OC1. The van der Waals surface area contributed by atoms with Gasteiger partial charge in [-0.25, -0.2) is 0 Å². The van der Waals surface area contributed by atoms with Crippen molar-refractivity contribution in [2.45, 2.75) is 84.2 Å². The molecular formula is C19H36O4. The molecule has 2 rings (SSSR count). The summed E-state index contributed by atoms with van der Waals surface area (Å²) in [5.74, 6) is 1.08. The van der Waals surface area contributed by atoms with Crippen LogP contribution >= 0.6 is 0 Å². The van der Waals surface area contributed by atoms with Gasteiger partial charge in [-0.2, -0.15) is 0 Å². The van der Waals surface area contributed by atoms with Crippen molar-refractivity contribution in [3.8, 4) is 0 Å². The van der Waals surface area contributed by atoms with Crippen molar-refractivity contribution < 1.29 is 18.9 Å². The lowest BCUT2D eigenvalue weighted by atomic mass is 10.0. The van der Waals surface area contributed by atoms with E-state index in [9.17, 15) is 0 Å². The Morgan fingerprint density at radius 3 is 1.70 bits per heavy atom. The van der Waals surface area contributed by atoms with Crippen LogP contribution in [0.5, 0.6) is 0 Å². The van der Waals surface area contributed by atoms with Crippen LogP contribution in [0.2, 0.25) is 0 Å². The van der Waals surface area contributed by atoms with Gasteiger partial charge in [0.05, 0.1) is 26.4 Å². The molecule has 4 heteroatoms. The van der Waals surface area contributed by atoms with Crippen molar-refractivity contribution in [1.82, 2.24) is 0 Å². The topological polar surface area (TPSA) is 36.9 Å². The third-order valence-corrected chi connectivity index (χ3v) is 4.87. The van der Waals surface area contributed by atoms with Crippen LogP contribution < -0.4 is 0 Å². The number of rotatable bonds is 10. The van der Waals surface area contributed by atoms with Crippen LogP contribution in [0.25, 0.3) is 0 Å². The summed E-state index contributed by atoms with van der Waals surface area (Å²) in [5.41, 5.74) is 0. The standard InChI is InChI=1S/C19H36O4/c1-3-5-6-7-9-16-12-22-19(23-13-16)11-10-17-14-20-18(8-4-2)21-15-17/h16-19H,3-15H2,1-2H3. The molecule has 0 amide bonds. The summed E-state index contributed by atoms with van der Waals surface area (Å²) in [5, 5.41) is 0. The van der Waals surface area contributed by atoms with E-state index in [4.69, 9.17) is 18.9 Å². The zero-order valence-electron chi connectivity index (χ0n) is 15.1. The molecule has 136 valence electrons. The number of hydrogen-bond donors (Lipinski definition) is 0. The molecule has 0 N–H and O–H groups in total. The molecular weight excluding hydrogens is 292 g/mol. The lowest BCUT2D eigenvalue weighted by molar-refractivity contribution is -0.219. The van der Waals surface area contributed by atoms with Gasteiger partial charge in [-0.15, -0.1) is 0 Å². The van der Waals surface area contributed by atoms with Gasteiger partial charge in [0.1, 0.15) is 0 Å². The minimum Gasteiger partial charge on any atom is -0.352 e. The lowest BCUT2D eigenvalue weighted by Crippen LogP contribution is -2.35. The van der Waals surface area contributed by atoms with Crippen molar-refractivity contribution in [2.24, 2.45) is 11.8 Å². The molecule has 0 bridgehead atoms. The highest BCUT2D eigenvalue weighted by molar-refractivity contribution is 4.68. The van der Waals surface area contributed by atoms with Crippen molar-refractivity contribution in [1.29, 1.82) is 0 Å². The number of hydrogen-bond acceptors (Lipinski definition) is 4. The Kier molecular flexibility index (Phi) is 9.50. The molecule has 0 unspecified atom stereocenters. The van der Waals surface area contributed by atoms with Gasteiger partial charge >= 0.3 is 0 Å². The first-order valence-electron chi connectivity index (χ1n) is 9.78. The summed E-state index contributed by atoms with van der Waals surface area (Å²) < 4.78 is 23.3.